The van der Waals surface area contributed by atoms with Gasteiger partial charge >= 0.3 is 0 Å². The van der Waals surface area contributed by atoms with E-state index in [1.54, 1.807) is 0 Å². The fourth-order valence-corrected chi connectivity index (χ4v) is 1.92. The van der Waals surface area contributed by atoms with Crippen LogP contribution in [0.3, 0.4) is 0 Å². The molecule has 5 nitrogen and oxygen atoms in total. The molecule has 18 heavy (non-hydrogen) atoms. The van der Waals surface area contributed by atoms with Gasteiger partial charge in [-0.25, -0.2) is 0 Å². The van der Waals surface area contributed by atoms with E-state index in [0.717, 1.165) is 6.42 Å². The Bertz CT molecular complexity index is 427. The van der Waals surface area contributed by atoms with E-state index in [1.807, 2.05) is 6.92 Å². The van der Waals surface area contributed by atoms with Gasteiger partial charge in [-0.2, -0.15) is 0 Å². The maximum atomic E-state index is 11.5. The minimum Gasteiger partial charge on any atom is -0.388 e. The van der Waals surface area contributed by atoms with Crippen LogP contribution in [0.4, 0.5) is 5.69 Å². The third kappa shape index (κ3) is 3.37. The summed E-state index contributed by atoms with van der Waals surface area (Å²) in [5, 5.41) is 20.6. The molecule has 0 aromatic heterocycles. The molecular formula is C13H17NO4. The zero-order valence-electron chi connectivity index (χ0n) is 10.5. The number of nitro groups is 1. The molecule has 1 aromatic rings. The van der Waals surface area contributed by atoms with Gasteiger partial charge in [-0.15, -0.1) is 0 Å². The van der Waals surface area contributed by atoms with Gasteiger partial charge in [-0.1, -0.05) is 13.3 Å². The van der Waals surface area contributed by atoms with Crippen LogP contribution in [0.5, 0.6) is 0 Å². The number of ketones is 1. The highest BCUT2D eigenvalue weighted by atomic mass is 16.6. The van der Waals surface area contributed by atoms with Crippen molar-refractivity contribution in [3.8, 4) is 0 Å². The molecule has 5 heteroatoms. The van der Waals surface area contributed by atoms with Crippen molar-refractivity contribution in [1.29, 1.82) is 0 Å². The van der Waals surface area contributed by atoms with E-state index >= 15 is 0 Å². The lowest BCUT2D eigenvalue weighted by atomic mass is 9.89. The Morgan fingerprint density at radius 1 is 1.39 bits per heavy atom. The molecule has 1 rings (SSSR count). The maximum Gasteiger partial charge on any atom is 0.269 e. The van der Waals surface area contributed by atoms with Gasteiger partial charge in [0, 0.05) is 18.1 Å². The van der Waals surface area contributed by atoms with Gasteiger partial charge in [0.15, 0.2) is 0 Å². The van der Waals surface area contributed by atoms with E-state index in [-0.39, 0.29) is 11.5 Å². The molecule has 98 valence electrons. The van der Waals surface area contributed by atoms with Crippen LogP contribution in [-0.2, 0) is 4.79 Å². The second-order valence-electron chi connectivity index (χ2n) is 4.30. The number of rotatable bonds is 6. The number of nitrogens with zero attached hydrogens (tertiary/aromatic N) is 1. The number of nitro benzene ring substituents is 1. The van der Waals surface area contributed by atoms with E-state index in [0.29, 0.717) is 12.0 Å². The van der Waals surface area contributed by atoms with Crippen LogP contribution in [0.1, 0.15) is 38.4 Å². The second kappa shape index (κ2) is 6.26. The van der Waals surface area contributed by atoms with Crippen LogP contribution in [0.2, 0.25) is 0 Å². The average molecular weight is 251 g/mol. The summed E-state index contributed by atoms with van der Waals surface area (Å²) in [4.78, 5) is 21.5. The fourth-order valence-electron chi connectivity index (χ4n) is 1.92. The number of benzene rings is 1. The molecule has 1 N–H and O–H groups in total. The van der Waals surface area contributed by atoms with Crippen LogP contribution >= 0.6 is 0 Å². The largest absolute Gasteiger partial charge is 0.388 e. The SMILES string of the molecule is CCC[C@@H](C(C)=O)[C@H](O)c1ccc([N+](=O)[O-])cc1. The van der Waals surface area contributed by atoms with Crippen molar-refractivity contribution < 1.29 is 14.8 Å². The third-order valence-electron chi connectivity index (χ3n) is 2.95. The summed E-state index contributed by atoms with van der Waals surface area (Å²) in [6, 6.07) is 5.66. The van der Waals surface area contributed by atoms with Crippen LogP contribution in [0.25, 0.3) is 0 Å². The zero-order chi connectivity index (χ0) is 13.7. The number of hydrogen-bond acceptors (Lipinski definition) is 4. The second-order valence-corrected chi connectivity index (χ2v) is 4.30. The minimum atomic E-state index is -0.900. The highest BCUT2D eigenvalue weighted by molar-refractivity contribution is 5.79. The number of carbonyl (C=O) groups is 1. The van der Waals surface area contributed by atoms with Gasteiger partial charge in [-0.05, 0) is 31.0 Å². The first-order valence-electron chi connectivity index (χ1n) is 5.90. The summed E-state index contributed by atoms with van der Waals surface area (Å²) < 4.78 is 0. The summed E-state index contributed by atoms with van der Waals surface area (Å²) in [5.41, 5.74) is 0.509. The highest BCUT2D eigenvalue weighted by Crippen LogP contribution is 2.27. The summed E-state index contributed by atoms with van der Waals surface area (Å²) in [5.74, 6) is -0.515. The molecule has 0 saturated heterocycles. The molecule has 2 atom stereocenters. The monoisotopic (exact) mass is 251 g/mol. The Morgan fingerprint density at radius 3 is 2.33 bits per heavy atom. The molecule has 0 aliphatic carbocycles. The van der Waals surface area contributed by atoms with Crippen LogP contribution in [0.15, 0.2) is 24.3 Å². The van der Waals surface area contributed by atoms with E-state index in [9.17, 15) is 20.0 Å². The predicted octanol–water partition coefficient (Wildman–Crippen LogP) is 2.63. The molecule has 0 radical (unpaired) electrons. The maximum absolute atomic E-state index is 11.5. The zero-order valence-corrected chi connectivity index (χ0v) is 10.5. The Balaban J connectivity index is 2.91. The molecule has 0 aliphatic heterocycles. The van der Waals surface area contributed by atoms with Crippen molar-refractivity contribution in [1.82, 2.24) is 0 Å². The number of hydrogen-bond donors (Lipinski definition) is 1. The van der Waals surface area contributed by atoms with E-state index in [2.05, 4.69) is 0 Å². The van der Waals surface area contributed by atoms with Crippen molar-refractivity contribution in [2.24, 2.45) is 5.92 Å². The summed E-state index contributed by atoms with van der Waals surface area (Å²) in [6.45, 7) is 3.40. The molecule has 0 saturated carbocycles. The summed E-state index contributed by atoms with van der Waals surface area (Å²) in [7, 11) is 0. The van der Waals surface area contributed by atoms with Gasteiger partial charge in [0.25, 0.3) is 5.69 Å². The number of aliphatic hydroxyl groups excluding tert-OH is 1. The average Bonchev–Trinajstić information content (AvgIpc) is 2.35. The van der Waals surface area contributed by atoms with Crippen molar-refractivity contribution >= 4 is 11.5 Å². The van der Waals surface area contributed by atoms with Crippen molar-refractivity contribution in [3.05, 3.63) is 39.9 Å². The van der Waals surface area contributed by atoms with Gasteiger partial charge in [-0.3, -0.25) is 14.9 Å². The Kier molecular flexibility index (Phi) is 4.97. The predicted molar refractivity (Wildman–Crippen MR) is 67.1 cm³/mol. The van der Waals surface area contributed by atoms with Gasteiger partial charge < -0.3 is 5.11 Å². The van der Waals surface area contributed by atoms with Crippen LogP contribution in [0, 0.1) is 16.0 Å². The first kappa shape index (κ1) is 14.3. The first-order chi connectivity index (χ1) is 8.47. The van der Waals surface area contributed by atoms with E-state index in [1.165, 1.54) is 31.2 Å². The van der Waals surface area contributed by atoms with Crippen molar-refractivity contribution in [2.45, 2.75) is 32.8 Å². The topological polar surface area (TPSA) is 80.4 Å². The molecule has 0 heterocycles. The van der Waals surface area contributed by atoms with E-state index < -0.39 is 16.9 Å². The first-order valence-corrected chi connectivity index (χ1v) is 5.90. The van der Waals surface area contributed by atoms with Gasteiger partial charge in [0.1, 0.15) is 5.78 Å². The lowest BCUT2D eigenvalue weighted by molar-refractivity contribution is -0.384. The van der Waals surface area contributed by atoms with E-state index in [4.69, 9.17) is 0 Å². The summed E-state index contributed by atoms with van der Waals surface area (Å²) >= 11 is 0. The van der Waals surface area contributed by atoms with Crippen LogP contribution < -0.4 is 0 Å². The Morgan fingerprint density at radius 2 is 1.94 bits per heavy atom. The van der Waals surface area contributed by atoms with Crippen molar-refractivity contribution in [2.75, 3.05) is 0 Å². The highest BCUT2D eigenvalue weighted by Gasteiger charge is 2.24. The molecule has 0 aliphatic rings. The molecular weight excluding hydrogens is 234 g/mol. The Labute approximate surface area is 106 Å². The molecule has 1 aromatic carbocycles. The van der Waals surface area contributed by atoms with Gasteiger partial charge in [0.05, 0.1) is 11.0 Å². The van der Waals surface area contributed by atoms with Crippen LogP contribution in [-0.4, -0.2) is 15.8 Å². The number of carbonyl (C=O) groups excluding carboxylic acids is 1. The number of aliphatic hydroxyl groups is 1. The summed E-state index contributed by atoms with van der Waals surface area (Å²) in [6.07, 6.45) is 0.505. The minimum absolute atomic E-state index is 0.0270. The normalized spacial score (nSPS) is 13.9. The molecule has 0 spiro atoms. The van der Waals surface area contributed by atoms with Gasteiger partial charge in [0.2, 0.25) is 0 Å². The molecule has 0 amide bonds. The smallest absolute Gasteiger partial charge is 0.269 e. The van der Waals surface area contributed by atoms with Crippen molar-refractivity contribution in [3.63, 3.8) is 0 Å². The number of non-ortho nitro benzene ring substituents is 1. The third-order valence-corrected chi connectivity index (χ3v) is 2.95. The standard InChI is InChI=1S/C13H17NO4/c1-3-4-12(9(2)15)13(16)10-5-7-11(8-6-10)14(17)18/h5-8,12-13,16H,3-4H2,1-2H3/t12-,13+/m0/s1. The lowest BCUT2D eigenvalue weighted by Gasteiger charge is -2.20. The molecule has 0 bridgehead atoms. The fraction of sp³-hybridized carbons (Fsp3) is 0.462. The lowest BCUT2D eigenvalue weighted by Crippen LogP contribution is -2.20. The molecule has 0 unspecified atom stereocenters. The quantitative estimate of drug-likeness (QED) is 0.622. The molecule has 0 fully saturated rings. The number of Topliss-reactive ketones (excluding diaryl/α,β-unsaturated/α-hetero) is 1. The Hall–Kier alpha value is -1.75.